The first-order valence-corrected chi connectivity index (χ1v) is 7.41. The van der Waals surface area contributed by atoms with Crippen LogP contribution in [0.1, 0.15) is 58.8 Å². The molecule has 1 aromatic rings. The van der Waals surface area contributed by atoms with Crippen molar-refractivity contribution in [2.75, 3.05) is 0 Å². The molecule has 0 saturated carbocycles. The first kappa shape index (κ1) is 20.4. The van der Waals surface area contributed by atoms with Gasteiger partial charge in [-0.3, -0.25) is 9.69 Å². The molecule has 1 aromatic carbocycles. The highest BCUT2D eigenvalue weighted by Gasteiger charge is 2.38. The molecule has 0 fully saturated rings. The van der Waals surface area contributed by atoms with Crippen LogP contribution in [-0.2, 0) is 0 Å². The fourth-order valence-corrected chi connectivity index (χ4v) is 3.36. The van der Waals surface area contributed by atoms with Crippen molar-refractivity contribution in [3.63, 3.8) is 0 Å². The van der Waals surface area contributed by atoms with E-state index in [-0.39, 0.29) is 35.3 Å². The monoisotopic (exact) mass is 331 g/mol. The summed E-state index contributed by atoms with van der Waals surface area (Å²) in [6, 6.07) is 6.97. The smallest absolute Gasteiger partial charge is 0.179 e. The van der Waals surface area contributed by atoms with Gasteiger partial charge in [0.25, 0.3) is 0 Å². The summed E-state index contributed by atoms with van der Waals surface area (Å²) < 4.78 is 0. The summed E-state index contributed by atoms with van der Waals surface area (Å²) in [4.78, 5) is 15.0. The largest absolute Gasteiger partial charge is 0.292 e. The number of carbonyl (C=O) groups is 1. The van der Waals surface area contributed by atoms with E-state index in [0.29, 0.717) is 10.6 Å². The van der Waals surface area contributed by atoms with E-state index in [1.165, 1.54) is 0 Å². The van der Waals surface area contributed by atoms with Crippen LogP contribution in [0.4, 0.5) is 0 Å². The minimum Gasteiger partial charge on any atom is -0.292 e. The lowest BCUT2D eigenvalue weighted by Gasteiger charge is -2.48. The highest BCUT2D eigenvalue weighted by atomic mass is 35.5. The normalized spacial score (nSPS) is 13.8. The molecular weight excluding hydrogens is 305 g/mol. The number of ketones is 1. The van der Waals surface area contributed by atoms with Gasteiger partial charge in [-0.05, 0) is 60.6 Å². The first-order valence-electron chi connectivity index (χ1n) is 7.04. The van der Waals surface area contributed by atoms with E-state index in [0.717, 1.165) is 0 Å². The molecule has 21 heavy (non-hydrogen) atoms. The minimum atomic E-state index is -0.200. The Morgan fingerprint density at radius 1 is 1.10 bits per heavy atom. The van der Waals surface area contributed by atoms with E-state index >= 15 is 0 Å². The number of hydrogen-bond acceptors (Lipinski definition) is 2. The van der Waals surface area contributed by atoms with Gasteiger partial charge in [0, 0.05) is 21.7 Å². The van der Waals surface area contributed by atoms with Crippen molar-refractivity contribution in [1.82, 2.24) is 4.90 Å². The van der Waals surface area contributed by atoms with Gasteiger partial charge in [0.15, 0.2) is 5.78 Å². The van der Waals surface area contributed by atoms with Crippen LogP contribution >= 0.6 is 24.0 Å². The topological polar surface area (TPSA) is 20.3 Å². The van der Waals surface area contributed by atoms with E-state index in [9.17, 15) is 4.79 Å². The Balaban J connectivity index is 0.00000400. The summed E-state index contributed by atoms with van der Waals surface area (Å²) in [5.74, 6) is 0.109. The predicted octanol–water partition coefficient (Wildman–Crippen LogP) is 5.23. The van der Waals surface area contributed by atoms with Gasteiger partial charge in [-0.15, -0.1) is 12.4 Å². The number of halogens is 2. The standard InChI is InChI=1S/C17H26ClNO.ClH/c1-12(19(16(2,3)4)17(5,6)7)15(20)13-9-8-10-14(18)11-13;/h8-12H,1-7H3;1H. The van der Waals surface area contributed by atoms with Gasteiger partial charge in [-0.1, -0.05) is 23.7 Å². The highest BCUT2D eigenvalue weighted by Crippen LogP contribution is 2.29. The van der Waals surface area contributed by atoms with Crippen molar-refractivity contribution >= 4 is 29.8 Å². The van der Waals surface area contributed by atoms with Crippen LogP contribution in [-0.4, -0.2) is 27.8 Å². The average Bonchev–Trinajstić information content (AvgIpc) is 2.23. The van der Waals surface area contributed by atoms with Crippen LogP contribution < -0.4 is 0 Å². The predicted molar refractivity (Wildman–Crippen MR) is 93.8 cm³/mol. The Hall–Kier alpha value is -0.570. The Bertz CT molecular complexity index is 472. The number of Topliss-reactive ketones (excluding diaryl/α,β-unsaturated/α-hetero) is 1. The van der Waals surface area contributed by atoms with Gasteiger partial charge in [0.05, 0.1) is 6.04 Å². The van der Waals surface area contributed by atoms with Gasteiger partial charge in [-0.2, -0.15) is 0 Å². The third-order valence-corrected chi connectivity index (χ3v) is 3.56. The summed E-state index contributed by atoms with van der Waals surface area (Å²) >= 11 is 5.99. The van der Waals surface area contributed by atoms with E-state index < -0.39 is 0 Å². The molecule has 0 aliphatic rings. The lowest BCUT2D eigenvalue weighted by molar-refractivity contribution is 0.00522. The second-order valence-electron chi connectivity index (χ2n) is 7.26. The van der Waals surface area contributed by atoms with Crippen LogP contribution in [0.5, 0.6) is 0 Å². The number of hydrogen-bond donors (Lipinski definition) is 0. The molecule has 2 nitrogen and oxygen atoms in total. The Morgan fingerprint density at radius 2 is 1.57 bits per heavy atom. The molecule has 0 aliphatic carbocycles. The molecule has 0 heterocycles. The quantitative estimate of drug-likeness (QED) is 0.706. The molecule has 0 saturated heterocycles. The Kier molecular flexibility index (Phi) is 6.93. The second-order valence-corrected chi connectivity index (χ2v) is 7.70. The SMILES string of the molecule is CC(C(=O)c1cccc(Cl)c1)N(C(C)(C)C)C(C)(C)C.Cl. The number of benzene rings is 1. The van der Waals surface area contributed by atoms with Crippen molar-refractivity contribution in [3.8, 4) is 0 Å². The van der Waals surface area contributed by atoms with Crippen LogP contribution in [0.3, 0.4) is 0 Å². The van der Waals surface area contributed by atoms with E-state index in [1.807, 2.05) is 19.1 Å². The molecule has 0 aliphatic heterocycles. The van der Waals surface area contributed by atoms with E-state index in [1.54, 1.807) is 12.1 Å². The zero-order chi connectivity index (χ0) is 15.7. The zero-order valence-corrected chi connectivity index (χ0v) is 15.6. The number of nitrogens with zero attached hydrogens (tertiary/aromatic N) is 1. The maximum atomic E-state index is 12.7. The summed E-state index contributed by atoms with van der Waals surface area (Å²) in [5.41, 5.74) is 0.487. The summed E-state index contributed by atoms with van der Waals surface area (Å²) in [5, 5.41) is 0.598. The molecule has 0 aromatic heterocycles. The number of rotatable bonds is 3. The summed E-state index contributed by atoms with van der Waals surface area (Å²) in [6.45, 7) is 14.8. The molecular formula is C17H27Cl2NO. The maximum Gasteiger partial charge on any atom is 0.179 e. The van der Waals surface area contributed by atoms with Crippen molar-refractivity contribution in [2.24, 2.45) is 0 Å². The fourth-order valence-electron chi connectivity index (χ4n) is 3.17. The summed E-state index contributed by atoms with van der Waals surface area (Å²) in [6.07, 6.45) is 0. The van der Waals surface area contributed by atoms with Crippen LogP contribution in [0.2, 0.25) is 5.02 Å². The Labute approximate surface area is 140 Å². The van der Waals surface area contributed by atoms with Crippen LogP contribution in [0.15, 0.2) is 24.3 Å². The Morgan fingerprint density at radius 3 is 1.95 bits per heavy atom. The maximum absolute atomic E-state index is 12.7. The fraction of sp³-hybridized carbons (Fsp3) is 0.588. The summed E-state index contributed by atoms with van der Waals surface area (Å²) in [7, 11) is 0. The van der Waals surface area contributed by atoms with Crippen molar-refractivity contribution in [1.29, 1.82) is 0 Å². The van der Waals surface area contributed by atoms with Gasteiger partial charge in [0.1, 0.15) is 0 Å². The average molecular weight is 332 g/mol. The molecule has 1 unspecified atom stereocenters. The second kappa shape index (κ2) is 7.13. The van der Waals surface area contributed by atoms with Gasteiger partial charge in [0.2, 0.25) is 0 Å². The lowest BCUT2D eigenvalue weighted by atomic mass is 9.90. The third-order valence-electron chi connectivity index (χ3n) is 3.32. The molecule has 0 N–H and O–H groups in total. The van der Waals surface area contributed by atoms with Crippen molar-refractivity contribution in [2.45, 2.75) is 65.6 Å². The molecule has 1 atom stereocenters. The zero-order valence-electron chi connectivity index (χ0n) is 14.0. The van der Waals surface area contributed by atoms with Crippen molar-refractivity contribution < 1.29 is 4.79 Å². The van der Waals surface area contributed by atoms with Gasteiger partial charge in [-0.25, -0.2) is 0 Å². The first-order chi connectivity index (χ1) is 8.94. The molecule has 0 amide bonds. The molecule has 0 spiro atoms. The molecule has 120 valence electrons. The van der Waals surface area contributed by atoms with E-state index in [4.69, 9.17) is 11.6 Å². The lowest BCUT2D eigenvalue weighted by Crippen LogP contribution is -2.58. The van der Waals surface area contributed by atoms with Crippen LogP contribution in [0, 0.1) is 0 Å². The van der Waals surface area contributed by atoms with Gasteiger partial charge < -0.3 is 0 Å². The molecule has 4 heteroatoms. The molecule has 0 bridgehead atoms. The van der Waals surface area contributed by atoms with Crippen molar-refractivity contribution in [3.05, 3.63) is 34.9 Å². The van der Waals surface area contributed by atoms with E-state index in [2.05, 4.69) is 46.4 Å². The van der Waals surface area contributed by atoms with Gasteiger partial charge >= 0.3 is 0 Å². The number of carbonyl (C=O) groups excluding carboxylic acids is 1. The highest BCUT2D eigenvalue weighted by molar-refractivity contribution is 6.31. The minimum absolute atomic E-state index is 0. The molecule has 1 rings (SSSR count). The molecule has 0 radical (unpaired) electrons. The van der Waals surface area contributed by atoms with Crippen LogP contribution in [0.25, 0.3) is 0 Å². The third kappa shape index (κ3) is 5.28.